The second-order valence-electron chi connectivity index (χ2n) is 8.41. The van der Waals surface area contributed by atoms with Crippen molar-refractivity contribution in [2.24, 2.45) is 0 Å². The summed E-state index contributed by atoms with van der Waals surface area (Å²) in [6.45, 7) is 6.22. The Bertz CT molecular complexity index is 1000. The number of anilines is 2. The van der Waals surface area contributed by atoms with Gasteiger partial charge >= 0.3 is 0 Å². The van der Waals surface area contributed by atoms with Gasteiger partial charge in [0.05, 0.1) is 11.9 Å². The van der Waals surface area contributed by atoms with Crippen LogP contribution in [0.25, 0.3) is 0 Å². The molecular weight excluding hydrogens is 410 g/mol. The number of amides is 1. The molecular formula is C24H33N3O3S. The van der Waals surface area contributed by atoms with Gasteiger partial charge < -0.3 is 10.2 Å². The third kappa shape index (κ3) is 6.00. The molecule has 1 N–H and O–H groups in total. The molecule has 0 atom stereocenters. The highest BCUT2D eigenvalue weighted by Gasteiger charge is 2.24. The Morgan fingerprint density at radius 3 is 2.58 bits per heavy atom. The minimum Gasteiger partial charge on any atom is -0.371 e. The number of para-hydroxylation sites is 2. The number of benzene rings is 2. The molecule has 1 aliphatic rings. The molecule has 168 valence electrons. The summed E-state index contributed by atoms with van der Waals surface area (Å²) in [7, 11) is -3.59. The number of nitrogens with one attached hydrogen (secondary N) is 1. The van der Waals surface area contributed by atoms with Crippen molar-refractivity contribution in [2.75, 3.05) is 41.6 Å². The monoisotopic (exact) mass is 443 g/mol. The zero-order valence-electron chi connectivity index (χ0n) is 18.7. The van der Waals surface area contributed by atoms with Gasteiger partial charge in [0.2, 0.25) is 15.9 Å². The number of hydrogen-bond acceptors (Lipinski definition) is 4. The molecule has 1 aliphatic heterocycles. The highest BCUT2D eigenvalue weighted by Crippen LogP contribution is 2.29. The Morgan fingerprint density at radius 1 is 1.13 bits per heavy atom. The summed E-state index contributed by atoms with van der Waals surface area (Å²) < 4.78 is 26.1. The Morgan fingerprint density at radius 2 is 1.84 bits per heavy atom. The van der Waals surface area contributed by atoms with Crippen molar-refractivity contribution in [3.63, 3.8) is 0 Å². The SMILES string of the molecule is CC(C)c1ccccc1N(CC(=O)NCCCN1CCCc2ccccc21)S(C)(=O)=O. The van der Waals surface area contributed by atoms with E-state index in [0.29, 0.717) is 12.2 Å². The number of aryl methyl sites for hydroxylation is 1. The van der Waals surface area contributed by atoms with Crippen molar-refractivity contribution in [1.82, 2.24) is 5.32 Å². The summed E-state index contributed by atoms with van der Waals surface area (Å²) in [4.78, 5) is 14.9. The minimum atomic E-state index is -3.59. The summed E-state index contributed by atoms with van der Waals surface area (Å²) in [6, 6.07) is 15.8. The molecule has 31 heavy (non-hydrogen) atoms. The summed E-state index contributed by atoms with van der Waals surface area (Å²) in [5.74, 6) is -0.140. The first-order valence-electron chi connectivity index (χ1n) is 10.9. The standard InChI is InChI=1S/C24H33N3O3S/c1-19(2)21-12-5-7-14-23(21)27(31(3,29)30)18-24(28)25-15-9-17-26-16-8-11-20-10-4-6-13-22(20)26/h4-7,10,12-14,19H,8-9,11,15-18H2,1-3H3,(H,25,28). The highest BCUT2D eigenvalue weighted by atomic mass is 32.2. The fraction of sp³-hybridized carbons (Fsp3) is 0.458. The van der Waals surface area contributed by atoms with E-state index in [1.807, 2.05) is 26.0 Å². The molecule has 6 nitrogen and oxygen atoms in total. The number of carbonyl (C=O) groups is 1. The van der Waals surface area contributed by atoms with Crippen LogP contribution in [0.1, 0.15) is 43.7 Å². The molecule has 1 amide bonds. The molecule has 0 saturated heterocycles. The lowest BCUT2D eigenvalue weighted by atomic mass is 10.0. The van der Waals surface area contributed by atoms with Gasteiger partial charge in [0.25, 0.3) is 0 Å². The van der Waals surface area contributed by atoms with Gasteiger partial charge in [-0.1, -0.05) is 50.2 Å². The third-order valence-corrected chi connectivity index (χ3v) is 6.77. The Kier molecular flexibility index (Phi) is 7.59. The van der Waals surface area contributed by atoms with Crippen LogP contribution in [0.3, 0.4) is 0 Å². The van der Waals surface area contributed by atoms with Crippen LogP contribution in [0.5, 0.6) is 0 Å². The van der Waals surface area contributed by atoms with Gasteiger partial charge in [-0.2, -0.15) is 0 Å². The lowest BCUT2D eigenvalue weighted by Crippen LogP contribution is -2.41. The molecule has 1 heterocycles. The molecule has 0 spiro atoms. The van der Waals surface area contributed by atoms with Crippen molar-refractivity contribution >= 4 is 27.3 Å². The average molecular weight is 444 g/mol. The van der Waals surface area contributed by atoms with Gasteiger partial charge in [-0.25, -0.2) is 8.42 Å². The topological polar surface area (TPSA) is 69.7 Å². The molecule has 0 unspecified atom stereocenters. The molecule has 0 aliphatic carbocycles. The van der Waals surface area contributed by atoms with Gasteiger partial charge in [-0.15, -0.1) is 0 Å². The molecule has 0 bridgehead atoms. The van der Waals surface area contributed by atoms with Crippen LogP contribution in [-0.2, 0) is 21.2 Å². The fourth-order valence-electron chi connectivity index (χ4n) is 4.11. The summed E-state index contributed by atoms with van der Waals surface area (Å²) in [6.07, 6.45) is 4.21. The van der Waals surface area contributed by atoms with E-state index >= 15 is 0 Å². The Labute approximate surface area is 186 Å². The average Bonchev–Trinajstić information content (AvgIpc) is 2.74. The maximum absolute atomic E-state index is 12.6. The van der Waals surface area contributed by atoms with E-state index in [-0.39, 0.29) is 18.4 Å². The normalized spacial score (nSPS) is 13.7. The fourth-order valence-corrected chi connectivity index (χ4v) is 4.99. The van der Waals surface area contributed by atoms with Crippen molar-refractivity contribution in [3.05, 3.63) is 59.7 Å². The van der Waals surface area contributed by atoms with E-state index in [0.717, 1.165) is 44.2 Å². The second-order valence-corrected chi connectivity index (χ2v) is 10.3. The molecule has 3 rings (SSSR count). The Balaban J connectivity index is 1.57. The van der Waals surface area contributed by atoms with Gasteiger partial charge in [0.1, 0.15) is 6.54 Å². The largest absolute Gasteiger partial charge is 0.371 e. The summed E-state index contributed by atoms with van der Waals surface area (Å²) >= 11 is 0. The number of rotatable bonds is 9. The predicted octanol–water partition coefficient (Wildman–Crippen LogP) is 3.54. The second kappa shape index (κ2) is 10.2. The molecule has 0 radical (unpaired) electrons. The van der Waals surface area contributed by atoms with E-state index < -0.39 is 10.0 Å². The van der Waals surface area contributed by atoms with Crippen molar-refractivity contribution in [1.29, 1.82) is 0 Å². The molecule has 2 aromatic carbocycles. The van der Waals surface area contributed by atoms with Crippen molar-refractivity contribution in [3.8, 4) is 0 Å². The van der Waals surface area contributed by atoms with Crippen LogP contribution in [0.15, 0.2) is 48.5 Å². The lowest BCUT2D eigenvalue weighted by Gasteiger charge is -2.31. The maximum Gasteiger partial charge on any atom is 0.240 e. The van der Waals surface area contributed by atoms with E-state index in [1.165, 1.54) is 15.6 Å². The first kappa shape index (κ1) is 23.1. The quantitative estimate of drug-likeness (QED) is 0.602. The lowest BCUT2D eigenvalue weighted by molar-refractivity contribution is -0.119. The number of nitrogens with zero attached hydrogens (tertiary/aromatic N) is 2. The zero-order chi connectivity index (χ0) is 22.4. The van der Waals surface area contributed by atoms with Crippen LogP contribution in [0.2, 0.25) is 0 Å². The smallest absolute Gasteiger partial charge is 0.240 e. The van der Waals surface area contributed by atoms with Crippen molar-refractivity contribution in [2.45, 2.75) is 39.0 Å². The number of sulfonamides is 1. The number of fused-ring (bicyclic) bond motifs is 1. The number of hydrogen-bond donors (Lipinski definition) is 1. The molecule has 2 aromatic rings. The molecule has 0 aromatic heterocycles. The van der Waals surface area contributed by atoms with E-state index in [1.54, 1.807) is 12.1 Å². The first-order valence-corrected chi connectivity index (χ1v) is 12.8. The predicted molar refractivity (Wildman–Crippen MR) is 127 cm³/mol. The number of carbonyl (C=O) groups excluding carboxylic acids is 1. The van der Waals surface area contributed by atoms with Gasteiger partial charge in [-0.3, -0.25) is 9.10 Å². The van der Waals surface area contributed by atoms with Crippen LogP contribution in [0.4, 0.5) is 11.4 Å². The maximum atomic E-state index is 12.6. The first-order chi connectivity index (χ1) is 14.8. The zero-order valence-corrected chi connectivity index (χ0v) is 19.5. The minimum absolute atomic E-state index is 0.149. The molecule has 7 heteroatoms. The van der Waals surface area contributed by atoms with Crippen LogP contribution < -0.4 is 14.5 Å². The van der Waals surface area contributed by atoms with E-state index in [2.05, 4.69) is 34.5 Å². The highest BCUT2D eigenvalue weighted by molar-refractivity contribution is 7.92. The van der Waals surface area contributed by atoms with Gasteiger partial charge in [0.15, 0.2) is 0 Å². The molecule has 0 fully saturated rings. The van der Waals surface area contributed by atoms with E-state index in [9.17, 15) is 13.2 Å². The summed E-state index contributed by atoms with van der Waals surface area (Å²) in [5.41, 5.74) is 4.14. The summed E-state index contributed by atoms with van der Waals surface area (Å²) in [5, 5.41) is 2.90. The molecule has 0 saturated carbocycles. The van der Waals surface area contributed by atoms with E-state index in [4.69, 9.17) is 0 Å². The van der Waals surface area contributed by atoms with Crippen LogP contribution in [0, 0.1) is 0 Å². The van der Waals surface area contributed by atoms with Gasteiger partial charge in [-0.05, 0) is 48.4 Å². The van der Waals surface area contributed by atoms with Crippen molar-refractivity contribution < 1.29 is 13.2 Å². The third-order valence-electron chi connectivity index (χ3n) is 5.65. The van der Waals surface area contributed by atoms with Gasteiger partial charge in [0, 0.05) is 25.3 Å². The van der Waals surface area contributed by atoms with Crippen LogP contribution in [-0.4, -0.2) is 46.8 Å². The van der Waals surface area contributed by atoms with Crippen LogP contribution >= 0.6 is 0 Å². The Hall–Kier alpha value is -2.54.